The van der Waals surface area contributed by atoms with Gasteiger partial charge in [0.1, 0.15) is 0 Å². The molecule has 2 rings (SSSR count). The van der Waals surface area contributed by atoms with Gasteiger partial charge in [-0.25, -0.2) is 4.79 Å². The molecular formula is C15H21N3O4. The minimum absolute atomic E-state index is 0.306. The maximum absolute atomic E-state index is 12.0. The Balaban J connectivity index is 2.29. The third-order valence-electron chi connectivity index (χ3n) is 3.46. The van der Waals surface area contributed by atoms with Crippen molar-refractivity contribution in [2.45, 2.75) is 13.0 Å². The van der Waals surface area contributed by atoms with Crippen LogP contribution in [0.2, 0.25) is 0 Å². The highest BCUT2D eigenvalue weighted by molar-refractivity contribution is 6.03. The van der Waals surface area contributed by atoms with E-state index in [0.717, 1.165) is 18.8 Å². The number of nitrogens with zero attached hydrogens (tertiary/aromatic N) is 1. The molecule has 1 aliphatic rings. The van der Waals surface area contributed by atoms with Crippen molar-refractivity contribution in [1.82, 2.24) is 0 Å². The number of methoxy groups -OCH3 is 1. The van der Waals surface area contributed by atoms with Gasteiger partial charge >= 0.3 is 5.97 Å². The normalized spacial score (nSPS) is 16.0. The van der Waals surface area contributed by atoms with E-state index in [0.29, 0.717) is 24.5 Å². The molecule has 7 heteroatoms. The Morgan fingerprint density at radius 3 is 2.64 bits per heavy atom. The lowest BCUT2D eigenvalue weighted by atomic mass is 10.1. The van der Waals surface area contributed by atoms with Gasteiger partial charge in [-0.15, -0.1) is 0 Å². The van der Waals surface area contributed by atoms with Gasteiger partial charge in [0.05, 0.1) is 37.6 Å². The van der Waals surface area contributed by atoms with E-state index in [1.165, 1.54) is 7.11 Å². The molecule has 0 aliphatic carbocycles. The Kier molecular flexibility index (Phi) is 5.35. The van der Waals surface area contributed by atoms with E-state index in [9.17, 15) is 9.59 Å². The fraction of sp³-hybridized carbons (Fsp3) is 0.467. The van der Waals surface area contributed by atoms with E-state index in [1.807, 2.05) is 6.07 Å². The van der Waals surface area contributed by atoms with Crippen molar-refractivity contribution < 1.29 is 19.1 Å². The first-order valence-corrected chi connectivity index (χ1v) is 7.14. The molecule has 1 amide bonds. The van der Waals surface area contributed by atoms with Gasteiger partial charge in [-0.2, -0.15) is 0 Å². The zero-order valence-corrected chi connectivity index (χ0v) is 12.8. The van der Waals surface area contributed by atoms with Crippen LogP contribution in [0.4, 0.5) is 11.4 Å². The monoisotopic (exact) mass is 307 g/mol. The second-order valence-electron chi connectivity index (χ2n) is 5.10. The van der Waals surface area contributed by atoms with Gasteiger partial charge in [0.25, 0.3) is 0 Å². The van der Waals surface area contributed by atoms with Gasteiger partial charge in [0, 0.05) is 18.8 Å². The van der Waals surface area contributed by atoms with E-state index in [4.69, 9.17) is 15.2 Å². The molecule has 1 atom stereocenters. The summed E-state index contributed by atoms with van der Waals surface area (Å²) in [5.74, 6) is -0.862. The summed E-state index contributed by atoms with van der Waals surface area (Å²) < 4.78 is 10.1. The number of carbonyl (C=O) groups is 2. The summed E-state index contributed by atoms with van der Waals surface area (Å²) in [5.41, 5.74) is 7.13. The molecule has 0 spiro atoms. The van der Waals surface area contributed by atoms with Crippen LogP contribution in [-0.2, 0) is 14.3 Å². The summed E-state index contributed by atoms with van der Waals surface area (Å²) in [5, 5.41) is 2.65. The number of amides is 1. The summed E-state index contributed by atoms with van der Waals surface area (Å²) in [6, 6.07) is 4.60. The molecule has 1 fully saturated rings. The number of morpholine rings is 1. The van der Waals surface area contributed by atoms with Gasteiger partial charge in [0.2, 0.25) is 5.91 Å². The number of benzene rings is 1. The van der Waals surface area contributed by atoms with Crippen LogP contribution in [0.15, 0.2) is 18.2 Å². The largest absolute Gasteiger partial charge is 0.465 e. The number of esters is 1. The molecule has 7 nitrogen and oxygen atoms in total. The molecule has 0 radical (unpaired) electrons. The quantitative estimate of drug-likeness (QED) is 0.791. The van der Waals surface area contributed by atoms with Gasteiger partial charge in [-0.05, 0) is 25.1 Å². The van der Waals surface area contributed by atoms with Gasteiger partial charge in [0.15, 0.2) is 0 Å². The van der Waals surface area contributed by atoms with E-state index in [2.05, 4.69) is 10.2 Å². The summed E-state index contributed by atoms with van der Waals surface area (Å²) in [4.78, 5) is 25.8. The van der Waals surface area contributed by atoms with Crippen LogP contribution in [0, 0.1) is 0 Å². The van der Waals surface area contributed by atoms with Crippen molar-refractivity contribution in [1.29, 1.82) is 0 Å². The average Bonchev–Trinajstić information content (AvgIpc) is 2.55. The minimum Gasteiger partial charge on any atom is -0.465 e. The van der Waals surface area contributed by atoms with Crippen molar-refractivity contribution in [3.8, 4) is 0 Å². The second-order valence-corrected chi connectivity index (χ2v) is 5.10. The SMILES string of the molecule is COC(=O)c1cc(N2CCOCC2)ccc1NC(=O)C(C)N. The van der Waals surface area contributed by atoms with E-state index in [1.54, 1.807) is 19.1 Å². The summed E-state index contributed by atoms with van der Waals surface area (Å²) in [6.07, 6.45) is 0. The number of nitrogens with two attached hydrogens (primary N) is 1. The third kappa shape index (κ3) is 3.75. The molecule has 3 N–H and O–H groups in total. The van der Waals surface area contributed by atoms with Crippen molar-refractivity contribution in [2.24, 2.45) is 5.73 Å². The molecule has 1 unspecified atom stereocenters. The standard InChI is InChI=1S/C15H21N3O4/c1-10(16)14(19)17-13-4-3-11(9-12(13)15(20)21-2)18-5-7-22-8-6-18/h3-4,9-10H,5-8,16H2,1-2H3,(H,17,19). The fourth-order valence-electron chi connectivity index (χ4n) is 2.18. The van der Waals surface area contributed by atoms with Crippen molar-refractivity contribution >= 4 is 23.3 Å². The Bertz CT molecular complexity index is 554. The molecule has 0 bridgehead atoms. The molecule has 120 valence electrons. The highest BCUT2D eigenvalue weighted by atomic mass is 16.5. The van der Waals surface area contributed by atoms with Crippen LogP contribution in [0.3, 0.4) is 0 Å². The molecule has 1 aliphatic heterocycles. The van der Waals surface area contributed by atoms with Crippen molar-refractivity contribution in [3.05, 3.63) is 23.8 Å². The molecule has 1 heterocycles. The van der Waals surface area contributed by atoms with Crippen LogP contribution >= 0.6 is 0 Å². The van der Waals surface area contributed by atoms with Crippen LogP contribution in [-0.4, -0.2) is 51.3 Å². The first-order chi connectivity index (χ1) is 10.5. The maximum Gasteiger partial charge on any atom is 0.340 e. The molecule has 1 aromatic rings. The van der Waals surface area contributed by atoms with Crippen molar-refractivity contribution in [3.63, 3.8) is 0 Å². The molecule has 1 saturated heterocycles. The Labute approximate surface area is 129 Å². The maximum atomic E-state index is 12.0. The average molecular weight is 307 g/mol. The zero-order valence-electron chi connectivity index (χ0n) is 12.8. The topological polar surface area (TPSA) is 93.9 Å². The number of nitrogens with one attached hydrogen (secondary N) is 1. The molecular weight excluding hydrogens is 286 g/mol. The number of hydrogen-bond acceptors (Lipinski definition) is 6. The third-order valence-corrected chi connectivity index (χ3v) is 3.46. The van der Waals surface area contributed by atoms with Gasteiger partial charge < -0.3 is 25.4 Å². The van der Waals surface area contributed by atoms with Gasteiger partial charge in [-0.1, -0.05) is 0 Å². The highest BCUT2D eigenvalue weighted by Gasteiger charge is 2.19. The minimum atomic E-state index is -0.663. The van der Waals surface area contributed by atoms with Crippen LogP contribution in [0.1, 0.15) is 17.3 Å². The lowest BCUT2D eigenvalue weighted by Crippen LogP contribution is -2.36. The molecule has 0 saturated carbocycles. The van der Waals surface area contributed by atoms with Gasteiger partial charge in [-0.3, -0.25) is 4.79 Å². The summed E-state index contributed by atoms with van der Waals surface area (Å²) in [7, 11) is 1.31. The number of rotatable bonds is 4. The number of anilines is 2. The highest BCUT2D eigenvalue weighted by Crippen LogP contribution is 2.25. The summed E-state index contributed by atoms with van der Waals surface area (Å²) in [6.45, 7) is 4.39. The lowest BCUT2D eigenvalue weighted by molar-refractivity contribution is -0.117. The number of carbonyl (C=O) groups excluding carboxylic acids is 2. The zero-order chi connectivity index (χ0) is 16.1. The predicted molar refractivity (Wildman–Crippen MR) is 83.1 cm³/mol. The first-order valence-electron chi connectivity index (χ1n) is 7.14. The number of hydrogen-bond donors (Lipinski definition) is 2. The first kappa shape index (κ1) is 16.3. The smallest absolute Gasteiger partial charge is 0.340 e. The van der Waals surface area contributed by atoms with E-state index < -0.39 is 12.0 Å². The Morgan fingerprint density at radius 2 is 2.05 bits per heavy atom. The van der Waals surface area contributed by atoms with E-state index >= 15 is 0 Å². The van der Waals surface area contributed by atoms with Crippen LogP contribution in [0.5, 0.6) is 0 Å². The number of ether oxygens (including phenoxy) is 2. The Morgan fingerprint density at radius 1 is 1.36 bits per heavy atom. The fourth-order valence-corrected chi connectivity index (χ4v) is 2.18. The molecule has 0 aromatic heterocycles. The van der Waals surface area contributed by atoms with Crippen molar-refractivity contribution in [2.75, 3.05) is 43.6 Å². The molecule has 1 aromatic carbocycles. The van der Waals surface area contributed by atoms with Crippen LogP contribution in [0.25, 0.3) is 0 Å². The van der Waals surface area contributed by atoms with E-state index in [-0.39, 0.29) is 5.91 Å². The van der Waals surface area contributed by atoms with Crippen LogP contribution < -0.4 is 16.0 Å². The second kappa shape index (κ2) is 7.24. The molecule has 22 heavy (non-hydrogen) atoms. The Hall–Kier alpha value is -2.12. The summed E-state index contributed by atoms with van der Waals surface area (Å²) >= 11 is 0. The predicted octanol–water partition coefficient (Wildman–Crippen LogP) is 0.596. The lowest BCUT2D eigenvalue weighted by Gasteiger charge is -2.29.